The lowest BCUT2D eigenvalue weighted by Crippen LogP contribution is -2.50. The summed E-state index contributed by atoms with van der Waals surface area (Å²) < 4.78 is 46.4. The summed E-state index contributed by atoms with van der Waals surface area (Å²) in [6, 6.07) is 15.0. The molecule has 35 heavy (non-hydrogen) atoms. The highest BCUT2D eigenvalue weighted by molar-refractivity contribution is 7.89. The van der Waals surface area contributed by atoms with Crippen LogP contribution in [0.15, 0.2) is 65.7 Å². The summed E-state index contributed by atoms with van der Waals surface area (Å²) in [6.45, 7) is 3.02. The standard InChI is InChI=1S/C25H27FN4O4S/c1-18-6-7-19(14-23(18)26)16-27-24-9-8-22(17-28-24)35(32,33)30-12-10-29(11-13-30)25(31)20-4-3-5-21(15-20)34-2/h3-9,14-15,17H,10-13,16H2,1-2H3,(H,27,28). The van der Waals surface area contributed by atoms with Gasteiger partial charge in [-0.1, -0.05) is 18.2 Å². The van der Waals surface area contributed by atoms with Gasteiger partial charge in [-0.15, -0.1) is 0 Å². The number of sulfonamides is 1. The predicted octanol–water partition coefficient (Wildman–Crippen LogP) is 3.30. The summed E-state index contributed by atoms with van der Waals surface area (Å²) in [6.07, 6.45) is 1.31. The fraction of sp³-hybridized carbons (Fsp3) is 0.280. The number of halogens is 1. The van der Waals surface area contributed by atoms with Gasteiger partial charge in [0.05, 0.1) is 7.11 Å². The number of carbonyl (C=O) groups is 1. The molecular weight excluding hydrogens is 471 g/mol. The van der Waals surface area contributed by atoms with E-state index in [1.807, 2.05) is 6.07 Å². The average Bonchev–Trinajstić information content (AvgIpc) is 2.89. The molecule has 1 aromatic heterocycles. The van der Waals surface area contributed by atoms with E-state index in [1.165, 1.54) is 29.7 Å². The molecule has 2 aromatic carbocycles. The number of nitrogens with zero attached hydrogens (tertiary/aromatic N) is 3. The molecule has 184 valence electrons. The Hall–Kier alpha value is -3.50. The van der Waals surface area contributed by atoms with Gasteiger partial charge in [-0.2, -0.15) is 4.31 Å². The number of rotatable bonds is 7. The Labute approximate surface area is 204 Å². The van der Waals surface area contributed by atoms with Gasteiger partial charge in [0.25, 0.3) is 5.91 Å². The van der Waals surface area contributed by atoms with Crippen molar-refractivity contribution in [2.75, 3.05) is 38.6 Å². The number of benzene rings is 2. The van der Waals surface area contributed by atoms with Crippen LogP contribution in [0.4, 0.5) is 10.2 Å². The fourth-order valence-corrected chi connectivity index (χ4v) is 5.16. The Morgan fingerprint density at radius 1 is 1.09 bits per heavy atom. The minimum atomic E-state index is -3.75. The molecule has 0 atom stereocenters. The van der Waals surface area contributed by atoms with Gasteiger partial charge < -0.3 is 15.0 Å². The van der Waals surface area contributed by atoms with Crippen molar-refractivity contribution in [3.05, 3.63) is 83.3 Å². The fourth-order valence-electron chi connectivity index (χ4n) is 3.80. The second kappa shape index (κ2) is 10.4. The van der Waals surface area contributed by atoms with Crippen LogP contribution in [0.25, 0.3) is 0 Å². The quantitative estimate of drug-likeness (QED) is 0.538. The zero-order valence-corrected chi connectivity index (χ0v) is 20.4. The summed E-state index contributed by atoms with van der Waals surface area (Å²) in [5, 5.41) is 3.07. The molecule has 0 unspecified atom stereocenters. The van der Waals surface area contributed by atoms with E-state index in [9.17, 15) is 17.6 Å². The van der Waals surface area contributed by atoms with Gasteiger partial charge in [-0.3, -0.25) is 4.79 Å². The van der Waals surface area contributed by atoms with E-state index in [2.05, 4.69) is 10.3 Å². The van der Waals surface area contributed by atoms with Crippen molar-refractivity contribution in [2.24, 2.45) is 0 Å². The Balaban J connectivity index is 1.35. The summed E-state index contributed by atoms with van der Waals surface area (Å²) in [4.78, 5) is 18.7. The SMILES string of the molecule is COc1cccc(C(=O)N2CCN(S(=O)(=O)c3ccc(NCc4ccc(C)c(F)c4)nc3)CC2)c1. The number of pyridine rings is 1. The van der Waals surface area contributed by atoms with Crippen molar-refractivity contribution in [3.8, 4) is 5.75 Å². The van der Waals surface area contributed by atoms with Crippen LogP contribution < -0.4 is 10.1 Å². The van der Waals surface area contributed by atoms with Crippen molar-refractivity contribution < 1.29 is 22.3 Å². The first kappa shape index (κ1) is 24.6. The molecule has 1 fully saturated rings. The number of hydrogen-bond donors (Lipinski definition) is 1. The highest BCUT2D eigenvalue weighted by Crippen LogP contribution is 2.21. The second-order valence-electron chi connectivity index (χ2n) is 8.24. The largest absolute Gasteiger partial charge is 0.497 e. The number of aromatic nitrogens is 1. The molecule has 0 saturated carbocycles. The van der Waals surface area contributed by atoms with Gasteiger partial charge in [0.1, 0.15) is 22.3 Å². The van der Waals surface area contributed by atoms with Gasteiger partial charge >= 0.3 is 0 Å². The maximum absolute atomic E-state index is 13.7. The van der Waals surface area contributed by atoms with Gasteiger partial charge in [0.15, 0.2) is 0 Å². The molecule has 0 bridgehead atoms. The molecule has 8 nitrogen and oxygen atoms in total. The van der Waals surface area contributed by atoms with Crippen LogP contribution in [-0.2, 0) is 16.6 Å². The second-order valence-corrected chi connectivity index (χ2v) is 10.2. The molecule has 0 radical (unpaired) electrons. The third-order valence-corrected chi connectivity index (χ3v) is 7.81. The topological polar surface area (TPSA) is 91.8 Å². The van der Waals surface area contributed by atoms with Crippen molar-refractivity contribution in [1.29, 1.82) is 0 Å². The highest BCUT2D eigenvalue weighted by atomic mass is 32.2. The number of anilines is 1. The van der Waals surface area contributed by atoms with Crippen LogP contribution in [0, 0.1) is 12.7 Å². The maximum atomic E-state index is 13.7. The Morgan fingerprint density at radius 2 is 1.86 bits per heavy atom. The zero-order valence-electron chi connectivity index (χ0n) is 19.6. The molecule has 1 aliphatic heterocycles. The van der Waals surface area contributed by atoms with E-state index in [0.717, 1.165) is 5.56 Å². The highest BCUT2D eigenvalue weighted by Gasteiger charge is 2.30. The van der Waals surface area contributed by atoms with E-state index in [4.69, 9.17) is 4.74 Å². The molecule has 1 saturated heterocycles. The summed E-state index contributed by atoms with van der Waals surface area (Å²) in [5.74, 6) is 0.641. The third kappa shape index (κ3) is 5.60. The Bertz CT molecular complexity index is 1310. The monoisotopic (exact) mass is 498 g/mol. The summed E-state index contributed by atoms with van der Waals surface area (Å²) >= 11 is 0. The van der Waals surface area contributed by atoms with Crippen LogP contribution in [0.3, 0.4) is 0 Å². The number of nitrogens with one attached hydrogen (secondary N) is 1. The van der Waals surface area contributed by atoms with Crippen LogP contribution in [-0.4, -0.2) is 61.8 Å². The molecule has 3 aromatic rings. The average molecular weight is 499 g/mol. The number of methoxy groups -OCH3 is 1. The van der Waals surface area contributed by atoms with Gasteiger partial charge in [0.2, 0.25) is 10.0 Å². The lowest BCUT2D eigenvalue weighted by molar-refractivity contribution is 0.0697. The van der Waals surface area contributed by atoms with E-state index in [-0.39, 0.29) is 42.8 Å². The molecular formula is C25H27FN4O4S. The first-order chi connectivity index (χ1) is 16.8. The third-order valence-electron chi connectivity index (χ3n) is 5.93. The minimum absolute atomic E-state index is 0.0806. The molecule has 1 N–H and O–H groups in total. The number of amides is 1. The molecule has 1 aliphatic rings. The first-order valence-corrected chi connectivity index (χ1v) is 12.6. The minimum Gasteiger partial charge on any atom is -0.497 e. The number of ether oxygens (including phenoxy) is 1. The van der Waals surface area contributed by atoms with Gasteiger partial charge in [-0.25, -0.2) is 17.8 Å². The summed E-state index contributed by atoms with van der Waals surface area (Å²) in [7, 11) is -2.21. The molecule has 4 rings (SSSR count). The predicted molar refractivity (Wildman–Crippen MR) is 130 cm³/mol. The lowest BCUT2D eigenvalue weighted by Gasteiger charge is -2.34. The van der Waals surface area contributed by atoms with E-state index < -0.39 is 10.0 Å². The maximum Gasteiger partial charge on any atom is 0.254 e. The molecule has 0 aliphatic carbocycles. The molecule has 0 spiro atoms. The molecule has 1 amide bonds. The van der Waals surface area contributed by atoms with E-state index in [1.54, 1.807) is 48.2 Å². The number of piperazine rings is 1. The van der Waals surface area contributed by atoms with Crippen molar-refractivity contribution in [3.63, 3.8) is 0 Å². The van der Waals surface area contributed by atoms with E-state index in [0.29, 0.717) is 29.2 Å². The van der Waals surface area contributed by atoms with Crippen LogP contribution >= 0.6 is 0 Å². The number of aryl methyl sites for hydroxylation is 1. The van der Waals surface area contributed by atoms with E-state index >= 15 is 0 Å². The lowest BCUT2D eigenvalue weighted by atomic mass is 10.1. The molecule has 2 heterocycles. The smallest absolute Gasteiger partial charge is 0.254 e. The normalized spacial score (nSPS) is 14.5. The Kier molecular flexibility index (Phi) is 7.32. The van der Waals surface area contributed by atoms with Gasteiger partial charge in [-0.05, 0) is 54.4 Å². The van der Waals surface area contributed by atoms with Crippen molar-refractivity contribution in [2.45, 2.75) is 18.4 Å². The van der Waals surface area contributed by atoms with Crippen LogP contribution in [0.1, 0.15) is 21.5 Å². The van der Waals surface area contributed by atoms with Gasteiger partial charge in [0, 0.05) is 44.5 Å². The number of carbonyl (C=O) groups excluding carboxylic acids is 1. The van der Waals surface area contributed by atoms with Crippen LogP contribution in [0.5, 0.6) is 5.75 Å². The van der Waals surface area contributed by atoms with Crippen LogP contribution in [0.2, 0.25) is 0 Å². The summed E-state index contributed by atoms with van der Waals surface area (Å²) in [5.41, 5.74) is 1.83. The Morgan fingerprint density at radius 3 is 2.51 bits per heavy atom. The number of hydrogen-bond acceptors (Lipinski definition) is 6. The zero-order chi connectivity index (χ0) is 25.0. The van der Waals surface area contributed by atoms with Crippen molar-refractivity contribution in [1.82, 2.24) is 14.2 Å². The molecule has 10 heteroatoms. The van der Waals surface area contributed by atoms with Crippen molar-refractivity contribution >= 4 is 21.7 Å². The first-order valence-electron chi connectivity index (χ1n) is 11.2.